The number of nitrogens with one attached hydrogen (secondary N) is 1. The van der Waals surface area contributed by atoms with Gasteiger partial charge in [-0.25, -0.2) is 13.4 Å². The summed E-state index contributed by atoms with van der Waals surface area (Å²) >= 11 is 1.49. The van der Waals surface area contributed by atoms with Crippen LogP contribution in [-0.4, -0.2) is 39.9 Å². The van der Waals surface area contributed by atoms with E-state index in [1.165, 1.54) is 17.6 Å². The second-order valence-corrected chi connectivity index (χ2v) is 7.78. The summed E-state index contributed by atoms with van der Waals surface area (Å²) in [6, 6.07) is 0. The molecule has 0 bridgehead atoms. The molecule has 1 aromatic rings. The number of methoxy groups -OCH3 is 1. The van der Waals surface area contributed by atoms with Gasteiger partial charge in [-0.1, -0.05) is 13.3 Å². The molecule has 0 saturated carbocycles. The lowest BCUT2D eigenvalue weighted by Crippen LogP contribution is -2.18. The van der Waals surface area contributed by atoms with Crippen molar-refractivity contribution in [1.29, 1.82) is 0 Å². The van der Waals surface area contributed by atoms with Gasteiger partial charge in [-0.05, 0) is 6.42 Å². The van der Waals surface area contributed by atoms with Crippen LogP contribution in [0.15, 0.2) is 0 Å². The van der Waals surface area contributed by atoms with E-state index < -0.39 is 9.84 Å². The first-order valence-corrected chi connectivity index (χ1v) is 9.18. The molecule has 0 fully saturated rings. The molecule has 19 heavy (non-hydrogen) atoms. The molecule has 0 aromatic carbocycles. The van der Waals surface area contributed by atoms with Crippen LogP contribution in [0.1, 0.15) is 28.9 Å². The topological polar surface area (TPSA) is 68.3 Å². The van der Waals surface area contributed by atoms with Crippen molar-refractivity contribution in [2.45, 2.75) is 32.1 Å². The van der Waals surface area contributed by atoms with Crippen LogP contribution >= 0.6 is 11.3 Å². The van der Waals surface area contributed by atoms with Crippen LogP contribution in [-0.2, 0) is 33.3 Å². The van der Waals surface area contributed by atoms with Crippen molar-refractivity contribution in [3.63, 3.8) is 0 Å². The summed E-state index contributed by atoms with van der Waals surface area (Å²) < 4.78 is 27.6. The SMILES string of the molecule is CCCc1nc(CS(C)(=O)=O)sc1CNCCOC. The van der Waals surface area contributed by atoms with Gasteiger partial charge in [0, 0.05) is 31.3 Å². The number of rotatable bonds is 9. The van der Waals surface area contributed by atoms with Gasteiger partial charge in [-0.15, -0.1) is 11.3 Å². The van der Waals surface area contributed by atoms with Crippen LogP contribution in [0.2, 0.25) is 0 Å². The molecule has 7 heteroatoms. The number of hydrogen-bond donors (Lipinski definition) is 1. The average molecular weight is 306 g/mol. The molecule has 1 aromatic heterocycles. The van der Waals surface area contributed by atoms with E-state index in [4.69, 9.17) is 4.74 Å². The molecular formula is C12H22N2O3S2. The van der Waals surface area contributed by atoms with E-state index in [1.54, 1.807) is 7.11 Å². The van der Waals surface area contributed by atoms with Crippen LogP contribution in [0.3, 0.4) is 0 Å². The maximum absolute atomic E-state index is 11.3. The number of nitrogens with zero attached hydrogens (tertiary/aromatic N) is 1. The monoisotopic (exact) mass is 306 g/mol. The maximum atomic E-state index is 11.3. The number of hydrogen-bond acceptors (Lipinski definition) is 6. The lowest BCUT2D eigenvalue weighted by atomic mass is 10.2. The van der Waals surface area contributed by atoms with E-state index >= 15 is 0 Å². The van der Waals surface area contributed by atoms with Gasteiger partial charge in [0.05, 0.1) is 12.3 Å². The van der Waals surface area contributed by atoms with Crippen LogP contribution in [0, 0.1) is 0 Å². The molecule has 0 aliphatic rings. The average Bonchev–Trinajstić information content (AvgIpc) is 2.65. The van der Waals surface area contributed by atoms with E-state index in [1.807, 2.05) is 0 Å². The van der Waals surface area contributed by atoms with Gasteiger partial charge >= 0.3 is 0 Å². The highest BCUT2D eigenvalue weighted by molar-refractivity contribution is 7.90. The highest BCUT2D eigenvalue weighted by atomic mass is 32.2. The zero-order valence-corrected chi connectivity index (χ0v) is 13.4. The van der Waals surface area contributed by atoms with Crippen molar-refractivity contribution in [1.82, 2.24) is 10.3 Å². The standard InChI is InChI=1S/C12H22N2O3S2/c1-4-5-10-11(8-13-6-7-17-2)18-12(14-10)9-19(3,15)16/h13H,4-9H2,1-3H3. The van der Waals surface area contributed by atoms with Crippen molar-refractivity contribution in [2.75, 3.05) is 26.5 Å². The minimum atomic E-state index is -3.02. The summed E-state index contributed by atoms with van der Waals surface area (Å²) in [7, 11) is -1.35. The molecule has 0 spiro atoms. The Morgan fingerprint density at radius 3 is 2.74 bits per heavy atom. The smallest absolute Gasteiger partial charge is 0.153 e. The molecule has 5 nitrogen and oxygen atoms in total. The van der Waals surface area contributed by atoms with Gasteiger partial charge in [-0.3, -0.25) is 0 Å². The van der Waals surface area contributed by atoms with E-state index in [0.29, 0.717) is 11.6 Å². The first-order valence-electron chi connectivity index (χ1n) is 6.31. The Kier molecular flexibility index (Phi) is 6.92. The molecule has 0 radical (unpaired) electrons. The Morgan fingerprint density at radius 2 is 2.16 bits per heavy atom. The largest absolute Gasteiger partial charge is 0.383 e. The van der Waals surface area contributed by atoms with Crippen molar-refractivity contribution in [3.05, 3.63) is 15.6 Å². The number of thiazole rings is 1. The maximum Gasteiger partial charge on any atom is 0.153 e. The predicted octanol–water partition coefficient (Wildman–Crippen LogP) is 1.38. The normalized spacial score (nSPS) is 11.9. The van der Waals surface area contributed by atoms with E-state index in [2.05, 4.69) is 17.2 Å². The Labute approximate surface area is 119 Å². The van der Waals surface area contributed by atoms with Crippen LogP contribution in [0.25, 0.3) is 0 Å². The lowest BCUT2D eigenvalue weighted by Gasteiger charge is -2.03. The summed E-state index contributed by atoms with van der Waals surface area (Å²) in [6.07, 6.45) is 3.14. The predicted molar refractivity (Wildman–Crippen MR) is 78.2 cm³/mol. The lowest BCUT2D eigenvalue weighted by molar-refractivity contribution is 0.199. The molecule has 1 N–H and O–H groups in total. The second-order valence-electron chi connectivity index (χ2n) is 4.47. The van der Waals surface area contributed by atoms with E-state index in [0.717, 1.165) is 36.5 Å². The fraction of sp³-hybridized carbons (Fsp3) is 0.750. The Balaban J connectivity index is 2.71. The first kappa shape index (κ1) is 16.6. The minimum absolute atomic E-state index is 0.0342. The first-order chi connectivity index (χ1) is 8.96. The highest BCUT2D eigenvalue weighted by Gasteiger charge is 2.14. The fourth-order valence-corrected chi connectivity index (χ4v) is 3.94. The Morgan fingerprint density at radius 1 is 1.42 bits per heavy atom. The zero-order chi connectivity index (χ0) is 14.3. The third-order valence-corrected chi connectivity index (χ3v) is 4.54. The van der Waals surface area contributed by atoms with Crippen molar-refractivity contribution < 1.29 is 13.2 Å². The molecule has 0 unspecified atom stereocenters. The number of ether oxygens (including phenoxy) is 1. The molecule has 110 valence electrons. The quantitative estimate of drug-likeness (QED) is 0.698. The van der Waals surface area contributed by atoms with Gasteiger partial charge < -0.3 is 10.1 Å². The molecule has 1 rings (SSSR count). The van der Waals surface area contributed by atoms with Gasteiger partial charge in [0.1, 0.15) is 10.8 Å². The molecule has 0 aliphatic carbocycles. The van der Waals surface area contributed by atoms with E-state index in [-0.39, 0.29) is 5.75 Å². The van der Waals surface area contributed by atoms with E-state index in [9.17, 15) is 8.42 Å². The number of sulfone groups is 1. The zero-order valence-electron chi connectivity index (χ0n) is 11.7. The molecular weight excluding hydrogens is 284 g/mol. The van der Waals surface area contributed by atoms with Gasteiger partial charge in [-0.2, -0.15) is 0 Å². The van der Waals surface area contributed by atoms with Crippen molar-refractivity contribution >= 4 is 21.2 Å². The van der Waals surface area contributed by atoms with Crippen LogP contribution in [0.4, 0.5) is 0 Å². The summed E-state index contributed by atoms with van der Waals surface area (Å²) in [5, 5.41) is 3.96. The summed E-state index contributed by atoms with van der Waals surface area (Å²) in [6.45, 7) is 4.26. The number of aromatic nitrogens is 1. The number of aryl methyl sites for hydroxylation is 1. The van der Waals surface area contributed by atoms with Crippen LogP contribution < -0.4 is 5.32 Å². The Bertz CT molecular complexity index is 483. The van der Waals surface area contributed by atoms with Crippen molar-refractivity contribution in [3.8, 4) is 0 Å². The fourth-order valence-electron chi connectivity index (χ4n) is 1.67. The molecule has 1 heterocycles. The second kappa shape index (κ2) is 7.94. The summed E-state index contributed by atoms with van der Waals surface area (Å²) in [5.74, 6) is 0.0342. The van der Waals surface area contributed by atoms with Crippen molar-refractivity contribution in [2.24, 2.45) is 0 Å². The Hall–Kier alpha value is -0.500. The molecule has 0 saturated heterocycles. The van der Waals surface area contributed by atoms with Gasteiger partial charge in [0.2, 0.25) is 0 Å². The minimum Gasteiger partial charge on any atom is -0.383 e. The molecule has 0 aliphatic heterocycles. The van der Waals surface area contributed by atoms with Gasteiger partial charge in [0.25, 0.3) is 0 Å². The third-order valence-electron chi connectivity index (χ3n) is 2.46. The summed E-state index contributed by atoms with van der Waals surface area (Å²) in [4.78, 5) is 5.59. The van der Waals surface area contributed by atoms with Crippen LogP contribution in [0.5, 0.6) is 0 Å². The van der Waals surface area contributed by atoms with Gasteiger partial charge in [0.15, 0.2) is 9.84 Å². The molecule has 0 atom stereocenters. The third kappa shape index (κ3) is 6.47. The summed E-state index contributed by atoms with van der Waals surface area (Å²) in [5.41, 5.74) is 1.02. The molecule has 0 amide bonds. The highest BCUT2D eigenvalue weighted by Crippen LogP contribution is 2.21.